The summed E-state index contributed by atoms with van der Waals surface area (Å²) in [7, 11) is -0.886. The molecule has 1 N–H and O–H groups in total. The van der Waals surface area contributed by atoms with Crippen molar-refractivity contribution < 1.29 is 4.21 Å². The lowest BCUT2D eigenvalue weighted by atomic mass is 9.97. The number of hydrogen-bond donors (Lipinski definition) is 1. The van der Waals surface area contributed by atoms with Crippen LogP contribution in [0.15, 0.2) is 29.2 Å². The summed E-state index contributed by atoms with van der Waals surface area (Å²) in [4.78, 5) is 0.872. The van der Waals surface area contributed by atoms with Crippen molar-refractivity contribution in [2.75, 3.05) is 18.1 Å². The Morgan fingerprint density at radius 3 is 2.13 bits per heavy atom. The average Bonchev–Trinajstić information content (AvgIpc) is 2.14. The maximum absolute atomic E-state index is 11.2. The molecule has 0 amide bonds. The summed E-state index contributed by atoms with van der Waals surface area (Å²) >= 11 is 0. The minimum absolute atomic E-state index is 0.270. The lowest BCUT2D eigenvalue weighted by molar-refractivity contribution is 0.443. The van der Waals surface area contributed by atoms with Crippen LogP contribution >= 0.6 is 0 Å². The molecule has 1 atom stereocenters. The fraction of sp³-hybridized carbons (Fsp3) is 0.500. The van der Waals surface area contributed by atoms with Gasteiger partial charge in [0.05, 0.1) is 0 Å². The molecule has 0 aliphatic heterocycles. The van der Waals surface area contributed by atoms with Gasteiger partial charge >= 0.3 is 0 Å². The highest BCUT2D eigenvalue weighted by Gasteiger charge is 2.09. The highest BCUT2D eigenvalue weighted by Crippen LogP contribution is 2.16. The second-order valence-electron chi connectivity index (χ2n) is 4.89. The van der Waals surface area contributed by atoms with E-state index in [4.69, 9.17) is 0 Å². The minimum atomic E-state index is -0.886. The van der Waals surface area contributed by atoms with E-state index in [0.29, 0.717) is 0 Å². The molecular formula is C12H19NOS. The Bertz CT molecular complexity index is 338. The fourth-order valence-electron chi connectivity index (χ4n) is 1.13. The number of hydrogen-bond acceptors (Lipinski definition) is 2. The Morgan fingerprint density at radius 1 is 1.20 bits per heavy atom. The van der Waals surface area contributed by atoms with E-state index in [-0.39, 0.29) is 5.41 Å². The van der Waals surface area contributed by atoms with Gasteiger partial charge in [0, 0.05) is 34.2 Å². The van der Waals surface area contributed by atoms with Crippen molar-refractivity contribution in [3.8, 4) is 0 Å². The largest absolute Gasteiger partial charge is 0.385 e. The van der Waals surface area contributed by atoms with Gasteiger partial charge < -0.3 is 5.32 Å². The predicted molar refractivity (Wildman–Crippen MR) is 66.7 cm³/mol. The van der Waals surface area contributed by atoms with E-state index in [0.717, 1.165) is 17.1 Å². The van der Waals surface area contributed by atoms with Gasteiger partial charge in [0.1, 0.15) is 0 Å². The molecule has 3 heteroatoms. The number of nitrogens with one attached hydrogen (secondary N) is 1. The van der Waals surface area contributed by atoms with Crippen LogP contribution in [0.5, 0.6) is 0 Å². The zero-order chi connectivity index (χ0) is 11.5. The van der Waals surface area contributed by atoms with Gasteiger partial charge in [-0.2, -0.15) is 0 Å². The van der Waals surface area contributed by atoms with E-state index < -0.39 is 10.8 Å². The molecule has 0 aliphatic rings. The van der Waals surface area contributed by atoms with E-state index in [2.05, 4.69) is 26.1 Å². The second kappa shape index (κ2) is 4.79. The molecule has 0 saturated heterocycles. The first kappa shape index (κ1) is 12.2. The molecule has 0 heterocycles. The second-order valence-corrected chi connectivity index (χ2v) is 6.27. The Morgan fingerprint density at radius 2 is 1.73 bits per heavy atom. The lowest BCUT2D eigenvalue weighted by Crippen LogP contribution is -2.18. The first-order chi connectivity index (χ1) is 6.88. The van der Waals surface area contributed by atoms with Crippen LogP contribution in [-0.4, -0.2) is 17.0 Å². The summed E-state index contributed by atoms with van der Waals surface area (Å²) in [5, 5.41) is 3.35. The van der Waals surface area contributed by atoms with Gasteiger partial charge in [0.25, 0.3) is 0 Å². The summed E-state index contributed by atoms with van der Waals surface area (Å²) in [6, 6.07) is 7.76. The van der Waals surface area contributed by atoms with E-state index in [1.54, 1.807) is 6.26 Å². The summed E-state index contributed by atoms with van der Waals surface area (Å²) in [5.74, 6) is 0. The van der Waals surface area contributed by atoms with Gasteiger partial charge in [-0.25, -0.2) is 0 Å². The normalized spacial score (nSPS) is 13.6. The molecule has 2 nitrogen and oxygen atoms in total. The molecule has 0 bridgehead atoms. The van der Waals surface area contributed by atoms with E-state index >= 15 is 0 Å². The molecular weight excluding hydrogens is 206 g/mol. The zero-order valence-electron chi connectivity index (χ0n) is 9.83. The van der Waals surface area contributed by atoms with Crippen LogP contribution in [0.4, 0.5) is 5.69 Å². The molecule has 15 heavy (non-hydrogen) atoms. The van der Waals surface area contributed by atoms with Gasteiger partial charge in [-0.3, -0.25) is 4.21 Å². The Hall–Kier alpha value is -0.830. The van der Waals surface area contributed by atoms with Crippen LogP contribution in [0.25, 0.3) is 0 Å². The summed E-state index contributed by atoms with van der Waals surface area (Å²) in [6.07, 6.45) is 1.69. The summed E-state index contributed by atoms with van der Waals surface area (Å²) in [5.41, 5.74) is 1.35. The van der Waals surface area contributed by atoms with Gasteiger partial charge in [-0.05, 0) is 29.7 Å². The van der Waals surface area contributed by atoms with Crippen molar-refractivity contribution in [3.63, 3.8) is 0 Å². The van der Waals surface area contributed by atoms with Crippen LogP contribution in [0.2, 0.25) is 0 Å². The van der Waals surface area contributed by atoms with Crippen LogP contribution in [0.3, 0.4) is 0 Å². The van der Waals surface area contributed by atoms with Gasteiger partial charge in [0.15, 0.2) is 0 Å². The average molecular weight is 225 g/mol. The lowest BCUT2D eigenvalue weighted by Gasteiger charge is -2.19. The van der Waals surface area contributed by atoms with Crippen LogP contribution in [0, 0.1) is 5.41 Å². The molecule has 1 aromatic rings. The third-order valence-corrected chi connectivity index (χ3v) is 2.95. The van der Waals surface area contributed by atoms with E-state index in [1.165, 1.54) is 0 Å². The SMILES string of the molecule is C[S@](=O)c1ccc(NCC(C)(C)C)cc1. The van der Waals surface area contributed by atoms with Crippen molar-refractivity contribution in [3.05, 3.63) is 24.3 Å². The van der Waals surface area contributed by atoms with Crippen LogP contribution in [0.1, 0.15) is 20.8 Å². The van der Waals surface area contributed by atoms with E-state index in [1.807, 2.05) is 24.3 Å². The highest BCUT2D eigenvalue weighted by atomic mass is 32.2. The van der Waals surface area contributed by atoms with Crippen LogP contribution < -0.4 is 5.32 Å². The van der Waals surface area contributed by atoms with Crippen molar-refractivity contribution >= 4 is 16.5 Å². The molecule has 0 radical (unpaired) electrons. The fourth-order valence-corrected chi connectivity index (χ4v) is 1.65. The minimum Gasteiger partial charge on any atom is -0.385 e. The van der Waals surface area contributed by atoms with Crippen LogP contribution in [-0.2, 0) is 10.8 Å². The third-order valence-electron chi connectivity index (χ3n) is 2.01. The van der Waals surface area contributed by atoms with Crippen molar-refractivity contribution in [1.29, 1.82) is 0 Å². The maximum atomic E-state index is 11.2. The highest BCUT2D eigenvalue weighted by molar-refractivity contribution is 7.84. The molecule has 0 saturated carbocycles. The van der Waals surface area contributed by atoms with E-state index in [9.17, 15) is 4.21 Å². The molecule has 0 fully saturated rings. The molecule has 0 spiro atoms. The maximum Gasteiger partial charge on any atom is 0.0498 e. The first-order valence-corrected chi connectivity index (χ1v) is 6.62. The number of benzene rings is 1. The first-order valence-electron chi connectivity index (χ1n) is 5.06. The molecule has 0 aliphatic carbocycles. The molecule has 0 aromatic heterocycles. The zero-order valence-corrected chi connectivity index (χ0v) is 10.6. The molecule has 1 aromatic carbocycles. The number of rotatable bonds is 3. The van der Waals surface area contributed by atoms with Gasteiger partial charge in [-0.15, -0.1) is 0 Å². The Kier molecular flexibility index (Phi) is 3.91. The van der Waals surface area contributed by atoms with Crippen molar-refractivity contribution in [1.82, 2.24) is 0 Å². The summed E-state index contributed by atoms with van der Waals surface area (Å²) in [6.45, 7) is 7.50. The Labute approximate surface area is 94.5 Å². The van der Waals surface area contributed by atoms with Crippen molar-refractivity contribution in [2.24, 2.45) is 5.41 Å². The standard InChI is InChI=1S/C12H19NOS/c1-12(2,3)9-13-10-5-7-11(8-6-10)15(4)14/h5-8,13H,9H2,1-4H3/t15-/m0/s1. The quantitative estimate of drug-likeness (QED) is 0.857. The summed E-state index contributed by atoms with van der Waals surface area (Å²) < 4.78 is 11.2. The van der Waals surface area contributed by atoms with Crippen molar-refractivity contribution in [2.45, 2.75) is 25.7 Å². The molecule has 0 unspecified atom stereocenters. The van der Waals surface area contributed by atoms with Gasteiger partial charge in [-0.1, -0.05) is 20.8 Å². The van der Waals surface area contributed by atoms with Gasteiger partial charge in [0.2, 0.25) is 0 Å². The molecule has 84 valence electrons. The predicted octanol–water partition coefficient (Wildman–Crippen LogP) is 2.88. The number of anilines is 1. The topological polar surface area (TPSA) is 29.1 Å². The third kappa shape index (κ3) is 4.47. The Balaban J connectivity index is 2.61. The molecule has 1 rings (SSSR count). The monoisotopic (exact) mass is 225 g/mol. The smallest absolute Gasteiger partial charge is 0.0498 e.